The summed E-state index contributed by atoms with van der Waals surface area (Å²) in [6.07, 6.45) is 0. The van der Waals surface area contributed by atoms with Crippen LogP contribution in [0.2, 0.25) is 5.15 Å². The molecule has 0 N–H and O–H groups in total. The van der Waals surface area contributed by atoms with Crippen molar-refractivity contribution in [1.82, 2.24) is 9.97 Å². The first kappa shape index (κ1) is 17.3. The lowest BCUT2D eigenvalue weighted by molar-refractivity contribution is 0.560. The molecule has 0 atom stereocenters. The lowest BCUT2D eigenvalue weighted by atomic mass is 9.92. The Bertz CT molecular complexity index is 657. The van der Waals surface area contributed by atoms with E-state index in [-0.39, 0.29) is 5.41 Å². The standard InChI is InChI=1S/C15H15Br2ClN2S/c1-15(2,3)13-12(17)14(18)20-11(19-13)8-21-10-7-5-4-6-9(10)16/h4-7H,8H2,1-3H3. The van der Waals surface area contributed by atoms with Crippen LogP contribution in [-0.4, -0.2) is 9.97 Å². The first-order chi connectivity index (χ1) is 9.79. The second kappa shape index (κ2) is 6.99. The smallest absolute Gasteiger partial charge is 0.147 e. The van der Waals surface area contributed by atoms with E-state index < -0.39 is 0 Å². The molecule has 1 aromatic heterocycles. The highest BCUT2D eigenvalue weighted by Gasteiger charge is 2.22. The number of hydrogen-bond donors (Lipinski definition) is 0. The van der Waals surface area contributed by atoms with Crippen LogP contribution in [0.4, 0.5) is 0 Å². The summed E-state index contributed by atoms with van der Waals surface area (Å²) in [4.78, 5) is 10.2. The van der Waals surface area contributed by atoms with Gasteiger partial charge in [-0.15, -0.1) is 11.8 Å². The Kier molecular flexibility index (Phi) is 5.74. The third-order valence-electron chi connectivity index (χ3n) is 2.76. The molecular weight excluding hydrogens is 436 g/mol. The van der Waals surface area contributed by atoms with Crippen molar-refractivity contribution in [1.29, 1.82) is 0 Å². The van der Waals surface area contributed by atoms with E-state index >= 15 is 0 Å². The molecule has 0 radical (unpaired) electrons. The van der Waals surface area contributed by atoms with Crippen molar-refractivity contribution in [2.45, 2.75) is 36.8 Å². The molecule has 2 nitrogen and oxygen atoms in total. The molecule has 0 aliphatic carbocycles. The maximum Gasteiger partial charge on any atom is 0.147 e. The number of halogens is 3. The van der Waals surface area contributed by atoms with Gasteiger partial charge in [0, 0.05) is 14.8 Å². The molecule has 1 aromatic carbocycles. The van der Waals surface area contributed by atoms with Gasteiger partial charge in [-0.05, 0) is 44.0 Å². The van der Waals surface area contributed by atoms with Crippen molar-refractivity contribution in [3.8, 4) is 0 Å². The molecule has 0 unspecified atom stereocenters. The second-order valence-electron chi connectivity index (χ2n) is 5.56. The van der Waals surface area contributed by atoms with Gasteiger partial charge in [0.15, 0.2) is 0 Å². The molecule has 2 aromatic rings. The quantitative estimate of drug-likeness (QED) is 0.409. The molecule has 0 aliphatic rings. The van der Waals surface area contributed by atoms with Crippen LogP contribution in [0.25, 0.3) is 0 Å². The van der Waals surface area contributed by atoms with E-state index in [2.05, 4.69) is 68.7 Å². The Morgan fingerprint density at radius 3 is 2.43 bits per heavy atom. The first-order valence-electron chi connectivity index (χ1n) is 6.39. The Labute approximate surface area is 151 Å². The van der Waals surface area contributed by atoms with Gasteiger partial charge in [-0.1, -0.05) is 44.5 Å². The monoisotopic (exact) mass is 448 g/mol. The average molecular weight is 451 g/mol. The van der Waals surface area contributed by atoms with Crippen LogP contribution < -0.4 is 0 Å². The summed E-state index contributed by atoms with van der Waals surface area (Å²) < 4.78 is 1.86. The highest BCUT2D eigenvalue weighted by Crippen LogP contribution is 2.34. The third kappa shape index (κ3) is 4.44. The minimum atomic E-state index is -0.0852. The molecule has 0 saturated carbocycles. The van der Waals surface area contributed by atoms with Gasteiger partial charge >= 0.3 is 0 Å². The number of rotatable bonds is 3. The number of benzene rings is 1. The van der Waals surface area contributed by atoms with Crippen LogP contribution in [0.15, 0.2) is 38.1 Å². The minimum absolute atomic E-state index is 0.0852. The van der Waals surface area contributed by atoms with Gasteiger partial charge in [0.25, 0.3) is 0 Å². The van der Waals surface area contributed by atoms with Crippen LogP contribution in [0, 0.1) is 0 Å². The third-order valence-corrected chi connectivity index (χ3v) is 6.04. The van der Waals surface area contributed by atoms with E-state index in [0.29, 0.717) is 10.9 Å². The van der Waals surface area contributed by atoms with Crippen molar-refractivity contribution < 1.29 is 0 Å². The molecule has 0 amide bonds. The largest absolute Gasteiger partial charge is 0.235 e. The van der Waals surface area contributed by atoms with Crippen LogP contribution in [-0.2, 0) is 11.2 Å². The van der Waals surface area contributed by atoms with E-state index in [9.17, 15) is 0 Å². The van der Waals surface area contributed by atoms with Crippen LogP contribution >= 0.6 is 55.2 Å². The molecule has 0 fully saturated rings. The topological polar surface area (TPSA) is 25.8 Å². The Balaban J connectivity index is 2.26. The first-order valence-corrected chi connectivity index (χ1v) is 9.33. The maximum absolute atomic E-state index is 6.22. The van der Waals surface area contributed by atoms with E-state index in [1.165, 1.54) is 0 Å². The summed E-state index contributed by atoms with van der Waals surface area (Å²) in [5.41, 5.74) is 0.850. The summed E-state index contributed by atoms with van der Waals surface area (Å²) >= 11 is 14.9. The van der Waals surface area contributed by atoms with Gasteiger partial charge in [0.2, 0.25) is 0 Å². The van der Waals surface area contributed by atoms with Gasteiger partial charge in [0.05, 0.1) is 15.9 Å². The Morgan fingerprint density at radius 1 is 1.14 bits per heavy atom. The number of hydrogen-bond acceptors (Lipinski definition) is 3. The molecule has 0 saturated heterocycles. The van der Waals surface area contributed by atoms with E-state index in [1.807, 2.05) is 18.2 Å². The maximum atomic E-state index is 6.22. The molecule has 0 spiro atoms. The van der Waals surface area contributed by atoms with Gasteiger partial charge < -0.3 is 0 Å². The molecule has 1 heterocycles. The number of thioether (sulfide) groups is 1. The Hall–Kier alpha value is -0.100. The predicted molar refractivity (Wildman–Crippen MR) is 97.1 cm³/mol. The summed E-state index contributed by atoms with van der Waals surface area (Å²) in [5, 5.41) is 0.470. The normalized spacial score (nSPS) is 11.7. The van der Waals surface area contributed by atoms with Gasteiger partial charge in [-0.2, -0.15) is 0 Å². The lowest BCUT2D eigenvalue weighted by Crippen LogP contribution is -2.16. The summed E-state index contributed by atoms with van der Waals surface area (Å²) in [7, 11) is 0. The van der Waals surface area contributed by atoms with Crippen molar-refractivity contribution in [2.24, 2.45) is 0 Å². The van der Waals surface area contributed by atoms with Gasteiger partial charge in [-0.3, -0.25) is 0 Å². The number of nitrogens with zero attached hydrogens (tertiary/aromatic N) is 2. The molecule has 2 rings (SSSR count). The van der Waals surface area contributed by atoms with E-state index in [1.54, 1.807) is 11.8 Å². The molecule has 0 bridgehead atoms. The fraction of sp³-hybridized carbons (Fsp3) is 0.333. The zero-order chi connectivity index (χ0) is 15.6. The van der Waals surface area contributed by atoms with Gasteiger partial charge in [-0.25, -0.2) is 9.97 Å². The molecule has 21 heavy (non-hydrogen) atoms. The fourth-order valence-electron chi connectivity index (χ4n) is 1.73. The molecule has 0 aliphatic heterocycles. The highest BCUT2D eigenvalue weighted by atomic mass is 79.9. The van der Waals surface area contributed by atoms with E-state index in [0.717, 1.165) is 25.4 Å². The zero-order valence-corrected chi connectivity index (χ0v) is 16.7. The summed E-state index contributed by atoms with van der Waals surface area (Å²) in [6.45, 7) is 6.34. The van der Waals surface area contributed by atoms with E-state index in [4.69, 9.17) is 11.6 Å². The van der Waals surface area contributed by atoms with Crippen molar-refractivity contribution >= 4 is 55.2 Å². The van der Waals surface area contributed by atoms with Crippen molar-refractivity contribution in [2.75, 3.05) is 0 Å². The molecule has 6 heteroatoms. The predicted octanol–water partition coefficient (Wildman–Crippen LogP) is 6.24. The van der Waals surface area contributed by atoms with Gasteiger partial charge in [0.1, 0.15) is 11.0 Å². The molecular formula is C15H15Br2ClN2S. The molecule has 112 valence electrons. The fourth-order valence-corrected chi connectivity index (χ4v) is 4.11. The van der Waals surface area contributed by atoms with Crippen LogP contribution in [0.3, 0.4) is 0 Å². The number of aromatic nitrogens is 2. The van der Waals surface area contributed by atoms with Crippen LogP contribution in [0.1, 0.15) is 32.3 Å². The average Bonchev–Trinajstić information content (AvgIpc) is 2.40. The minimum Gasteiger partial charge on any atom is -0.235 e. The van der Waals surface area contributed by atoms with Crippen molar-refractivity contribution in [3.63, 3.8) is 0 Å². The van der Waals surface area contributed by atoms with Crippen molar-refractivity contribution in [3.05, 3.63) is 49.9 Å². The second-order valence-corrected chi connectivity index (χ2v) is 8.58. The Morgan fingerprint density at radius 2 is 1.81 bits per heavy atom. The summed E-state index contributed by atoms with van der Waals surface area (Å²) in [6, 6.07) is 8.11. The zero-order valence-electron chi connectivity index (χ0n) is 12.0. The highest BCUT2D eigenvalue weighted by molar-refractivity contribution is 9.10. The lowest BCUT2D eigenvalue weighted by Gasteiger charge is -2.20. The SMILES string of the molecule is CC(C)(C)c1nc(CSc2ccccc2Br)nc(Cl)c1Br. The summed E-state index contributed by atoms with van der Waals surface area (Å²) in [5.74, 6) is 1.42. The van der Waals surface area contributed by atoms with Crippen LogP contribution in [0.5, 0.6) is 0 Å².